The minimum Gasteiger partial charge on any atom is -0.404 e. The molecule has 0 aliphatic rings. The number of benzene rings is 1. The van der Waals surface area contributed by atoms with Gasteiger partial charge < -0.3 is 10.1 Å². The SMILES string of the molecule is CC(=O)Nc1ccc(S(=O)(=O)Cl)c(OC(F)(F)F)c1. The summed E-state index contributed by atoms with van der Waals surface area (Å²) in [7, 11) is 0.572. The quantitative estimate of drug-likeness (QED) is 0.869. The lowest BCUT2D eigenvalue weighted by Gasteiger charge is -2.13. The van der Waals surface area contributed by atoms with Crippen molar-refractivity contribution in [2.75, 3.05) is 5.32 Å². The Labute approximate surface area is 110 Å². The highest BCUT2D eigenvalue weighted by molar-refractivity contribution is 8.13. The molecule has 0 saturated carbocycles. The topological polar surface area (TPSA) is 72.5 Å². The molecule has 5 nitrogen and oxygen atoms in total. The van der Waals surface area contributed by atoms with Gasteiger partial charge in [-0.1, -0.05) is 0 Å². The molecule has 1 rings (SSSR count). The van der Waals surface area contributed by atoms with Crippen LogP contribution in [0.1, 0.15) is 6.92 Å². The van der Waals surface area contributed by atoms with Crippen LogP contribution in [0.25, 0.3) is 0 Å². The zero-order valence-corrected chi connectivity index (χ0v) is 10.9. The fourth-order valence-corrected chi connectivity index (χ4v) is 2.15. The summed E-state index contributed by atoms with van der Waals surface area (Å²) in [5, 5.41) is 2.19. The average Bonchev–Trinajstić information content (AvgIpc) is 2.11. The first-order valence-electron chi connectivity index (χ1n) is 4.61. The molecule has 19 heavy (non-hydrogen) atoms. The lowest BCUT2D eigenvalue weighted by molar-refractivity contribution is -0.275. The Bertz CT molecular complexity index is 600. The molecule has 0 heterocycles. The summed E-state index contributed by atoms with van der Waals surface area (Å²) in [5.41, 5.74) is -0.0594. The second-order valence-electron chi connectivity index (χ2n) is 3.33. The molecule has 0 aromatic heterocycles. The zero-order chi connectivity index (χ0) is 14.8. The summed E-state index contributed by atoms with van der Waals surface area (Å²) in [6.07, 6.45) is -5.09. The fraction of sp³-hybridized carbons (Fsp3) is 0.222. The summed E-state index contributed by atoms with van der Waals surface area (Å²) in [5.74, 6) is -1.56. The Morgan fingerprint density at radius 1 is 1.37 bits per heavy atom. The van der Waals surface area contributed by atoms with Crippen molar-refractivity contribution in [3.05, 3.63) is 18.2 Å². The molecule has 106 valence electrons. The van der Waals surface area contributed by atoms with Gasteiger partial charge in [-0.05, 0) is 12.1 Å². The molecule has 1 N–H and O–H groups in total. The fourth-order valence-electron chi connectivity index (χ4n) is 1.19. The van der Waals surface area contributed by atoms with Crippen LogP contribution in [0.2, 0.25) is 0 Å². The Balaban J connectivity index is 3.30. The Morgan fingerprint density at radius 2 is 1.95 bits per heavy atom. The van der Waals surface area contributed by atoms with E-state index in [1.165, 1.54) is 0 Å². The highest BCUT2D eigenvalue weighted by atomic mass is 35.7. The van der Waals surface area contributed by atoms with E-state index in [1.807, 2.05) is 0 Å². The minimum absolute atomic E-state index is 0.0594. The zero-order valence-electron chi connectivity index (χ0n) is 9.29. The van der Waals surface area contributed by atoms with E-state index >= 15 is 0 Å². The highest BCUT2D eigenvalue weighted by Gasteiger charge is 2.34. The van der Waals surface area contributed by atoms with Crippen molar-refractivity contribution < 1.29 is 31.1 Å². The molecule has 1 amide bonds. The number of hydrogen-bond acceptors (Lipinski definition) is 4. The van der Waals surface area contributed by atoms with Gasteiger partial charge in [0.25, 0.3) is 9.05 Å². The van der Waals surface area contributed by atoms with Crippen LogP contribution in [-0.2, 0) is 13.8 Å². The van der Waals surface area contributed by atoms with E-state index in [9.17, 15) is 26.4 Å². The molecule has 0 radical (unpaired) electrons. The van der Waals surface area contributed by atoms with E-state index in [0.29, 0.717) is 6.07 Å². The molecule has 10 heteroatoms. The summed E-state index contributed by atoms with van der Waals surface area (Å²) in [6, 6.07) is 2.60. The van der Waals surface area contributed by atoms with Crippen LogP contribution < -0.4 is 10.1 Å². The Hall–Kier alpha value is -1.48. The lowest BCUT2D eigenvalue weighted by Crippen LogP contribution is -2.18. The van der Waals surface area contributed by atoms with Crippen LogP contribution in [0, 0.1) is 0 Å². The van der Waals surface area contributed by atoms with Crippen LogP contribution in [0.4, 0.5) is 18.9 Å². The Kier molecular flexibility index (Phi) is 4.31. The molecule has 0 fully saturated rings. The third kappa shape index (κ3) is 4.95. The summed E-state index contributed by atoms with van der Waals surface area (Å²) in [6.45, 7) is 1.14. The predicted molar refractivity (Wildman–Crippen MR) is 60.5 cm³/mol. The maximum absolute atomic E-state index is 12.2. The second-order valence-corrected chi connectivity index (χ2v) is 5.86. The number of carbonyl (C=O) groups excluding carboxylic acids is 1. The summed E-state index contributed by atoms with van der Waals surface area (Å²) in [4.78, 5) is 9.93. The van der Waals surface area contributed by atoms with Gasteiger partial charge in [0.05, 0.1) is 0 Å². The van der Waals surface area contributed by atoms with Gasteiger partial charge in [0.2, 0.25) is 5.91 Å². The molecule has 0 spiro atoms. The van der Waals surface area contributed by atoms with E-state index in [4.69, 9.17) is 10.7 Å². The molecule has 0 saturated heterocycles. The molecule has 0 aliphatic heterocycles. The third-order valence-electron chi connectivity index (χ3n) is 1.75. The number of amides is 1. The van der Waals surface area contributed by atoms with E-state index in [2.05, 4.69) is 10.1 Å². The first kappa shape index (κ1) is 15.6. The van der Waals surface area contributed by atoms with Gasteiger partial charge >= 0.3 is 6.36 Å². The molecule has 0 unspecified atom stereocenters. The standard InChI is InChI=1S/C9H7ClF3NO4S/c1-5(15)14-6-2-3-8(19(10,16)17)7(4-6)18-9(11,12)13/h2-4H,1H3,(H,14,15). The monoisotopic (exact) mass is 317 g/mol. The molecular formula is C9H7ClF3NO4S. The van der Waals surface area contributed by atoms with E-state index < -0.39 is 32.0 Å². The van der Waals surface area contributed by atoms with Crippen molar-refractivity contribution in [2.45, 2.75) is 18.2 Å². The smallest absolute Gasteiger partial charge is 0.404 e. The minimum atomic E-state index is -5.09. The van der Waals surface area contributed by atoms with Gasteiger partial charge in [-0.2, -0.15) is 0 Å². The van der Waals surface area contributed by atoms with Crippen molar-refractivity contribution >= 4 is 31.3 Å². The van der Waals surface area contributed by atoms with Crippen molar-refractivity contribution in [1.82, 2.24) is 0 Å². The lowest BCUT2D eigenvalue weighted by atomic mass is 10.3. The van der Waals surface area contributed by atoms with E-state index in [-0.39, 0.29) is 5.69 Å². The van der Waals surface area contributed by atoms with Crippen molar-refractivity contribution in [2.24, 2.45) is 0 Å². The van der Waals surface area contributed by atoms with Crippen molar-refractivity contribution in [3.8, 4) is 5.75 Å². The largest absolute Gasteiger partial charge is 0.573 e. The van der Waals surface area contributed by atoms with Crippen LogP contribution in [0.15, 0.2) is 23.1 Å². The molecular weight excluding hydrogens is 311 g/mol. The van der Waals surface area contributed by atoms with Crippen LogP contribution in [0.5, 0.6) is 5.75 Å². The summed E-state index contributed by atoms with van der Waals surface area (Å²) < 4.78 is 62.2. The highest BCUT2D eigenvalue weighted by Crippen LogP contribution is 2.33. The number of hydrogen-bond donors (Lipinski definition) is 1. The second kappa shape index (κ2) is 5.25. The first-order chi connectivity index (χ1) is 8.49. The van der Waals surface area contributed by atoms with E-state index in [0.717, 1.165) is 19.1 Å². The number of halogens is 4. The predicted octanol–water partition coefficient (Wildman–Crippen LogP) is 2.47. The van der Waals surface area contributed by atoms with Crippen LogP contribution >= 0.6 is 10.7 Å². The number of ether oxygens (including phenoxy) is 1. The van der Waals surface area contributed by atoms with Gasteiger partial charge in [0.1, 0.15) is 4.90 Å². The maximum atomic E-state index is 12.2. The number of rotatable bonds is 3. The first-order valence-corrected chi connectivity index (χ1v) is 6.92. The third-order valence-corrected chi connectivity index (χ3v) is 3.11. The normalized spacial score (nSPS) is 12.1. The van der Waals surface area contributed by atoms with E-state index in [1.54, 1.807) is 0 Å². The van der Waals surface area contributed by atoms with Crippen molar-refractivity contribution in [3.63, 3.8) is 0 Å². The van der Waals surface area contributed by atoms with Gasteiger partial charge in [-0.3, -0.25) is 4.79 Å². The number of anilines is 1. The summed E-state index contributed by atoms with van der Waals surface area (Å²) >= 11 is 0. The van der Waals surface area contributed by atoms with Gasteiger partial charge in [0, 0.05) is 29.4 Å². The number of carbonyl (C=O) groups is 1. The molecule has 0 atom stereocenters. The van der Waals surface area contributed by atoms with Crippen LogP contribution in [0.3, 0.4) is 0 Å². The number of alkyl halides is 3. The average molecular weight is 318 g/mol. The maximum Gasteiger partial charge on any atom is 0.573 e. The Morgan fingerprint density at radius 3 is 2.37 bits per heavy atom. The van der Waals surface area contributed by atoms with Crippen molar-refractivity contribution in [1.29, 1.82) is 0 Å². The number of nitrogens with one attached hydrogen (secondary N) is 1. The van der Waals surface area contributed by atoms with Gasteiger partial charge in [-0.15, -0.1) is 13.2 Å². The molecule has 1 aromatic rings. The van der Waals surface area contributed by atoms with Gasteiger partial charge in [0.15, 0.2) is 5.75 Å². The molecule has 0 bridgehead atoms. The molecule has 0 aliphatic carbocycles. The molecule has 1 aromatic carbocycles. The van der Waals surface area contributed by atoms with Crippen LogP contribution in [-0.4, -0.2) is 20.7 Å². The van der Waals surface area contributed by atoms with Gasteiger partial charge in [-0.25, -0.2) is 8.42 Å².